The summed E-state index contributed by atoms with van der Waals surface area (Å²) in [5.74, 6) is -1.06. The van der Waals surface area contributed by atoms with Gasteiger partial charge in [-0.1, -0.05) is 24.3 Å². The number of para-hydroxylation sites is 1. The van der Waals surface area contributed by atoms with Gasteiger partial charge in [0.25, 0.3) is 0 Å². The number of Topliss-reactive ketones (excluding diaryl/α,β-unsaturated/α-hetero) is 1. The number of ether oxygens (including phenoxy) is 1. The number of carbonyl (C=O) groups excluding carboxylic acids is 1. The highest BCUT2D eigenvalue weighted by atomic mass is 32.2. The molecule has 1 saturated heterocycles. The Balaban J connectivity index is 1.59. The average molecular weight is 444 g/mol. The number of nitrogens with zero attached hydrogens (tertiary/aromatic N) is 3. The summed E-state index contributed by atoms with van der Waals surface area (Å²) in [6, 6.07) is 13.2. The predicted octanol–water partition coefficient (Wildman–Crippen LogP) is 2.77. The van der Waals surface area contributed by atoms with Gasteiger partial charge in [-0.15, -0.1) is 0 Å². The van der Waals surface area contributed by atoms with Gasteiger partial charge >= 0.3 is 0 Å². The fourth-order valence-electron chi connectivity index (χ4n) is 3.57. The summed E-state index contributed by atoms with van der Waals surface area (Å²) < 4.78 is 48.2. The normalized spacial score (nSPS) is 15.2. The first-order valence-corrected chi connectivity index (χ1v) is 11.3. The van der Waals surface area contributed by atoms with E-state index in [2.05, 4.69) is 5.10 Å². The average Bonchev–Trinajstić information content (AvgIpc) is 3.17. The maximum absolute atomic E-state index is 14.4. The van der Waals surface area contributed by atoms with E-state index in [4.69, 9.17) is 4.74 Å². The molecule has 0 amide bonds. The van der Waals surface area contributed by atoms with Gasteiger partial charge in [0, 0.05) is 19.5 Å². The lowest BCUT2D eigenvalue weighted by Crippen LogP contribution is -2.40. The minimum absolute atomic E-state index is 0.0623. The molecule has 0 unspecified atom stereocenters. The van der Waals surface area contributed by atoms with Gasteiger partial charge in [0.05, 0.1) is 36.4 Å². The molecule has 4 rings (SSSR count). The molecule has 1 aliphatic heterocycles. The number of halogens is 1. The fraction of sp³-hybridized carbons (Fsp3) is 0.273. The number of benzene rings is 2. The second-order valence-corrected chi connectivity index (χ2v) is 9.18. The zero-order valence-electron chi connectivity index (χ0n) is 17.0. The van der Waals surface area contributed by atoms with Crippen molar-refractivity contribution in [2.75, 3.05) is 26.3 Å². The maximum atomic E-state index is 14.4. The standard InChI is InChI=1S/C22H22FN3O4S/c1-16-19(15-24-26(16)18-5-3-2-4-6-18)21(27)13-17-7-8-20(23)22(14-17)31(28,29)25-9-11-30-12-10-25/h2-8,14-15H,9-13H2,1H3. The van der Waals surface area contributed by atoms with Crippen LogP contribution in [0.15, 0.2) is 59.6 Å². The van der Waals surface area contributed by atoms with Crippen LogP contribution in [0.25, 0.3) is 5.69 Å². The highest BCUT2D eigenvalue weighted by Gasteiger charge is 2.29. The minimum Gasteiger partial charge on any atom is -0.379 e. The first-order valence-electron chi connectivity index (χ1n) is 9.87. The molecule has 0 bridgehead atoms. The van der Waals surface area contributed by atoms with E-state index in [1.54, 1.807) is 11.6 Å². The third kappa shape index (κ3) is 4.30. The molecular weight excluding hydrogens is 421 g/mol. The quantitative estimate of drug-likeness (QED) is 0.547. The number of aromatic nitrogens is 2. The van der Waals surface area contributed by atoms with Crippen molar-refractivity contribution in [2.45, 2.75) is 18.2 Å². The zero-order chi connectivity index (χ0) is 22.0. The molecule has 0 spiro atoms. The summed E-state index contributed by atoms with van der Waals surface area (Å²) in [7, 11) is -4.01. The van der Waals surface area contributed by atoms with E-state index in [9.17, 15) is 17.6 Å². The third-order valence-corrected chi connectivity index (χ3v) is 7.17. The Labute approximate surface area is 180 Å². The molecule has 1 aromatic heterocycles. The molecule has 0 saturated carbocycles. The van der Waals surface area contributed by atoms with Crippen molar-refractivity contribution >= 4 is 15.8 Å². The molecule has 2 heterocycles. The van der Waals surface area contributed by atoms with E-state index < -0.39 is 20.7 Å². The van der Waals surface area contributed by atoms with E-state index >= 15 is 0 Å². The lowest BCUT2D eigenvalue weighted by atomic mass is 10.0. The van der Waals surface area contributed by atoms with Gasteiger partial charge in [0.15, 0.2) is 5.78 Å². The van der Waals surface area contributed by atoms with Gasteiger partial charge in [-0.3, -0.25) is 4.79 Å². The number of rotatable bonds is 6. The molecule has 31 heavy (non-hydrogen) atoms. The van der Waals surface area contributed by atoms with Crippen LogP contribution in [0, 0.1) is 12.7 Å². The number of hydrogen-bond donors (Lipinski definition) is 0. The Morgan fingerprint density at radius 2 is 1.84 bits per heavy atom. The lowest BCUT2D eigenvalue weighted by molar-refractivity contribution is 0.0729. The van der Waals surface area contributed by atoms with Crippen LogP contribution in [0.4, 0.5) is 4.39 Å². The van der Waals surface area contributed by atoms with Crippen molar-refractivity contribution < 1.29 is 22.3 Å². The van der Waals surface area contributed by atoms with Crippen LogP contribution in [0.3, 0.4) is 0 Å². The Kier molecular flexibility index (Phi) is 5.99. The summed E-state index contributed by atoms with van der Waals surface area (Å²) in [6.07, 6.45) is 1.44. The van der Waals surface area contributed by atoms with Crippen molar-refractivity contribution in [1.29, 1.82) is 0 Å². The van der Waals surface area contributed by atoms with Gasteiger partial charge in [-0.25, -0.2) is 17.5 Å². The Bertz CT molecular complexity index is 1200. The zero-order valence-corrected chi connectivity index (χ0v) is 17.8. The van der Waals surface area contributed by atoms with Gasteiger partial charge in [-0.2, -0.15) is 9.40 Å². The molecule has 2 aromatic carbocycles. The van der Waals surface area contributed by atoms with Crippen LogP contribution in [0.5, 0.6) is 0 Å². The Morgan fingerprint density at radius 3 is 2.55 bits per heavy atom. The molecule has 3 aromatic rings. The fourth-order valence-corrected chi connectivity index (χ4v) is 5.10. The summed E-state index contributed by atoms with van der Waals surface area (Å²) in [6.45, 7) is 2.67. The molecule has 0 radical (unpaired) electrons. The second-order valence-electron chi connectivity index (χ2n) is 7.27. The van der Waals surface area contributed by atoms with Crippen molar-refractivity contribution in [3.63, 3.8) is 0 Å². The predicted molar refractivity (Wildman–Crippen MR) is 112 cm³/mol. The topological polar surface area (TPSA) is 81.5 Å². The van der Waals surface area contributed by atoms with Gasteiger partial charge in [0.2, 0.25) is 10.0 Å². The lowest BCUT2D eigenvalue weighted by Gasteiger charge is -2.26. The summed E-state index contributed by atoms with van der Waals surface area (Å²) in [4.78, 5) is 12.5. The minimum atomic E-state index is -4.01. The van der Waals surface area contributed by atoms with Crippen molar-refractivity contribution in [2.24, 2.45) is 0 Å². The molecule has 1 fully saturated rings. The molecule has 0 atom stereocenters. The molecule has 0 aliphatic carbocycles. The van der Waals surface area contributed by atoms with Crippen LogP contribution in [0.1, 0.15) is 21.6 Å². The van der Waals surface area contributed by atoms with E-state index in [1.165, 1.54) is 22.6 Å². The summed E-state index contributed by atoms with van der Waals surface area (Å²) in [5, 5.41) is 4.30. The molecular formula is C22H22FN3O4S. The van der Waals surface area contributed by atoms with Gasteiger partial charge in [-0.05, 0) is 36.8 Å². The van der Waals surface area contributed by atoms with E-state index in [-0.39, 0.29) is 38.5 Å². The van der Waals surface area contributed by atoms with Crippen molar-refractivity contribution in [3.8, 4) is 5.69 Å². The van der Waals surface area contributed by atoms with Crippen LogP contribution in [0.2, 0.25) is 0 Å². The van der Waals surface area contributed by atoms with Crippen LogP contribution >= 0.6 is 0 Å². The number of morpholine rings is 1. The molecule has 1 aliphatic rings. The number of sulfonamides is 1. The third-order valence-electron chi connectivity index (χ3n) is 5.26. The van der Waals surface area contributed by atoms with Crippen LogP contribution in [-0.2, 0) is 21.2 Å². The van der Waals surface area contributed by atoms with Crippen molar-refractivity contribution in [3.05, 3.63) is 77.4 Å². The first-order chi connectivity index (χ1) is 14.9. The van der Waals surface area contributed by atoms with Crippen LogP contribution < -0.4 is 0 Å². The molecule has 0 N–H and O–H groups in total. The first kappa shape index (κ1) is 21.4. The Morgan fingerprint density at radius 1 is 1.13 bits per heavy atom. The molecule has 162 valence electrons. The van der Waals surface area contributed by atoms with E-state index in [1.807, 2.05) is 30.3 Å². The molecule has 7 nitrogen and oxygen atoms in total. The monoisotopic (exact) mass is 443 g/mol. The number of carbonyl (C=O) groups is 1. The second kappa shape index (κ2) is 8.70. The van der Waals surface area contributed by atoms with E-state index in [0.29, 0.717) is 16.8 Å². The van der Waals surface area contributed by atoms with Gasteiger partial charge < -0.3 is 4.74 Å². The largest absolute Gasteiger partial charge is 0.379 e. The number of ketones is 1. The summed E-state index contributed by atoms with van der Waals surface area (Å²) >= 11 is 0. The smallest absolute Gasteiger partial charge is 0.246 e. The highest BCUT2D eigenvalue weighted by Crippen LogP contribution is 2.23. The maximum Gasteiger partial charge on any atom is 0.246 e. The van der Waals surface area contributed by atoms with E-state index in [0.717, 1.165) is 11.8 Å². The molecule has 9 heteroatoms. The number of hydrogen-bond acceptors (Lipinski definition) is 5. The SMILES string of the molecule is Cc1c(C(=O)Cc2ccc(F)c(S(=O)(=O)N3CCOCC3)c2)cnn1-c1ccccc1. The van der Waals surface area contributed by atoms with Crippen molar-refractivity contribution in [1.82, 2.24) is 14.1 Å². The Hall–Kier alpha value is -2.88. The highest BCUT2D eigenvalue weighted by molar-refractivity contribution is 7.89. The van der Waals surface area contributed by atoms with Crippen LogP contribution in [-0.4, -0.2) is 54.6 Å². The van der Waals surface area contributed by atoms with Gasteiger partial charge in [0.1, 0.15) is 10.7 Å². The summed E-state index contributed by atoms with van der Waals surface area (Å²) in [5.41, 5.74) is 2.37.